The van der Waals surface area contributed by atoms with Gasteiger partial charge < -0.3 is 27.6 Å². The molecule has 8 nitrogen and oxygen atoms in total. The van der Waals surface area contributed by atoms with Gasteiger partial charge in [-0.15, -0.1) is 24.4 Å². The number of thioether (sulfide) groups is 1. The molecule has 4 aromatic carbocycles. The highest BCUT2D eigenvalue weighted by Gasteiger charge is 2.23. The van der Waals surface area contributed by atoms with Crippen LogP contribution in [0.2, 0.25) is 0 Å². The zero-order valence-corrected chi connectivity index (χ0v) is 31.2. The van der Waals surface area contributed by atoms with Crippen molar-refractivity contribution < 1.29 is 36.7 Å². The third-order valence-electron chi connectivity index (χ3n) is 5.70. The van der Waals surface area contributed by atoms with Crippen molar-refractivity contribution in [1.82, 2.24) is 0 Å². The van der Waals surface area contributed by atoms with Gasteiger partial charge in [0.05, 0.1) is 26.4 Å². The van der Waals surface area contributed by atoms with Crippen LogP contribution in [-0.4, -0.2) is 38.1 Å². The van der Waals surface area contributed by atoms with Gasteiger partial charge in [-0.25, -0.2) is 0 Å². The Morgan fingerprint density at radius 1 is 0.511 bits per heavy atom. The van der Waals surface area contributed by atoms with Crippen LogP contribution in [0.4, 0.5) is 0 Å². The quantitative estimate of drug-likeness (QED) is 0.0690. The number of rotatable bonds is 16. The maximum atomic E-state index is 12.4. The summed E-state index contributed by atoms with van der Waals surface area (Å²) in [6.45, 7) is 10.7. The molecule has 0 aliphatic carbocycles. The van der Waals surface area contributed by atoms with Gasteiger partial charge in [0.2, 0.25) is 0 Å². The number of thiol groups is 1. The van der Waals surface area contributed by atoms with Crippen LogP contribution in [0.25, 0.3) is 0 Å². The molecule has 0 aliphatic heterocycles. The second-order valence-corrected chi connectivity index (χ2v) is 15.7. The zero-order valence-electron chi connectivity index (χ0n) is 27.7. The molecule has 0 radical (unpaired) electrons. The van der Waals surface area contributed by atoms with Gasteiger partial charge in [0.1, 0.15) is 28.5 Å². The summed E-state index contributed by atoms with van der Waals surface area (Å²) in [6.07, 6.45) is 0.453. The van der Waals surface area contributed by atoms with Crippen LogP contribution < -0.4 is 9.47 Å². The third kappa shape index (κ3) is 16.9. The fourth-order valence-corrected chi connectivity index (χ4v) is 8.03. The van der Waals surface area contributed by atoms with Gasteiger partial charge in [0, 0.05) is 16.0 Å². The molecule has 0 spiro atoms. The van der Waals surface area contributed by atoms with Crippen molar-refractivity contribution in [2.24, 2.45) is 0 Å². The Balaban J connectivity index is 0.000000272. The Morgan fingerprint density at radius 3 is 1.26 bits per heavy atom. The first-order chi connectivity index (χ1) is 22.7. The first kappa shape index (κ1) is 40.7. The van der Waals surface area contributed by atoms with E-state index in [1.54, 1.807) is 20.8 Å². The molecule has 47 heavy (non-hydrogen) atoms. The van der Waals surface area contributed by atoms with Gasteiger partial charge in [-0.2, -0.15) is 0 Å². The molecule has 0 atom stereocenters. The SMILES string of the molecule is CCOP(=O)(CC)OCC.CCOP(=O)(CSc1ccc(Oc2ccccc2)cc1)OCC.Sc1ccc(Oc2ccccc2)cc1. The van der Waals surface area contributed by atoms with E-state index in [0.717, 1.165) is 32.8 Å². The molecule has 4 rings (SSSR count). The van der Waals surface area contributed by atoms with E-state index in [-0.39, 0.29) is 0 Å². The summed E-state index contributed by atoms with van der Waals surface area (Å²) < 4.78 is 55.6. The molecule has 12 heteroatoms. The number of hydrogen-bond acceptors (Lipinski definition) is 10. The highest BCUT2D eigenvalue weighted by Crippen LogP contribution is 2.52. The van der Waals surface area contributed by atoms with E-state index < -0.39 is 15.2 Å². The summed E-state index contributed by atoms with van der Waals surface area (Å²) >= 11 is 5.66. The molecule has 0 N–H and O–H groups in total. The van der Waals surface area contributed by atoms with Crippen LogP contribution >= 0.6 is 39.6 Å². The summed E-state index contributed by atoms with van der Waals surface area (Å²) in [6, 6.07) is 34.6. The Kier molecular flexibility index (Phi) is 19.8. The van der Waals surface area contributed by atoms with Crippen LogP contribution in [0, 0.1) is 0 Å². The molecule has 0 fully saturated rings. The van der Waals surface area contributed by atoms with Gasteiger partial charge >= 0.3 is 15.2 Å². The van der Waals surface area contributed by atoms with E-state index in [0.29, 0.717) is 38.1 Å². The molecule has 0 bridgehead atoms. The lowest BCUT2D eigenvalue weighted by atomic mass is 10.3. The van der Waals surface area contributed by atoms with Crippen LogP contribution in [0.1, 0.15) is 34.6 Å². The zero-order chi connectivity index (χ0) is 34.4. The number of benzene rings is 4. The first-order valence-electron chi connectivity index (χ1n) is 15.4. The van der Waals surface area contributed by atoms with E-state index in [2.05, 4.69) is 12.6 Å². The summed E-state index contributed by atoms with van der Waals surface area (Å²) in [7, 11) is -5.72. The normalized spacial score (nSPS) is 11.0. The Hall–Kier alpha value is -2.52. The van der Waals surface area contributed by atoms with Crippen molar-refractivity contribution in [3.05, 3.63) is 109 Å². The molecule has 0 amide bonds. The molecule has 256 valence electrons. The Labute approximate surface area is 290 Å². The van der Waals surface area contributed by atoms with Crippen LogP contribution in [0.5, 0.6) is 23.0 Å². The van der Waals surface area contributed by atoms with Gasteiger partial charge in [-0.3, -0.25) is 9.13 Å². The van der Waals surface area contributed by atoms with E-state index >= 15 is 0 Å². The summed E-state index contributed by atoms with van der Waals surface area (Å²) in [5.41, 5.74) is 0.299. The smallest absolute Gasteiger partial charge is 0.340 e. The average Bonchev–Trinajstić information content (AvgIpc) is 3.08. The molecule has 0 heterocycles. The predicted octanol–water partition coefficient (Wildman–Crippen LogP) is 11.8. The number of hydrogen-bond donors (Lipinski definition) is 1. The second-order valence-electron chi connectivity index (χ2n) is 9.28. The van der Waals surface area contributed by atoms with E-state index in [1.807, 2.05) is 123 Å². The fraction of sp³-hybridized carbons (Fsp3) is 0.314. The second kappa shape index (κ2) is 22.9. The molecule has 0 saturated heterocycles. The lowest BCUT2D eigenvalue weighted by Crippen LogP contribution is -1.97. The van der Waals surface area contributed by atoms with Crippen molar-refractivity contribution in [2.75, 3.05) is 38.1 Å². The number of ether oxygens (including phenoxy) is 2. The van der Waals surface area contributed by atoms with Crippen LogP contribution in [0.3, 0.4) is 0 Å². The largest absolute Gasteiger partial charge is 0.457 e. The van der Waals surface area contributed by atoms with Gasteiger partial charge in [0.25, 0.3) is 0 Å². The fourth-order valence-electron chi connectivity index (χ4n) is 3.64. The average molecular weight is 721 g/mol. The van der Waals surface area contributed by atoms with E-state index in [1.165, 1.54) is 11.8 Å². The highest BCUT2D eigenvalue weighted by molar-refractivity contribution is 8.04. The van der Waals surface area contributed by atoms with Gasteiger partial charge in [0.15, 0.2) is 0 Å². The summed E-state index contributed by atoms with van der Waals surface area (Å²) in [5, 5.41) is 0. The lowest BCUT2D eigenvalue weighted by Gasteiger charge is -2.16. The Morgan fingerprint density at radius 2 is 0.872 bits per heavy atom. The lowest BCUT2D eigenvalue weighted by molar-refractivity contribution is 0.221. The summed E-state index contributed by atoms with van der Waals surface area (Å²) in [5.74, 6) is 3.23. The minimum absolute atomic E-state index is 0.299. The van der Waals surface area contributed by atoms with E-state index in [9.17, 15) is 9.13 Å². The third-order valence-corrected chi connectivity index (χ3v) is 11.8. The summed E-state index contributed by atoms with van der Waals surface area (Å²) in [4.78, 5) is 1.93. The highest BCUT2D eigenvalue weighted by atomic mass is 32.2. The van der Waals surface area contributed by atoms with E-state index in [4.69, 9.17) is 27.6 Å². The topological polar surface area (TPSA) is 89.5 Å². The molecular formula is C35H46O8P2S2. The number of para-hydroxylation sites is 2. The molecule has 4 aromatic rings. The standard InChI is InChI=1S/C17H21O4PS.C12H10OS.C6H15O3P/c1-3-19-22(18,20-4-2)14-23-17-12-10-16(11-13-17)21-15-8-6-5-7-9-15;14-12-8-6-11(7-9-12)13-10-4-2-1-3-5-10;1-4-8-10(7,6-3)9-5-2/h5-13H,3-4,14H2,1-2H3;1-9,14H;4-6H2,1-3H3. The molecule has 0 unspecified atom stereocenters. The van der Waals surface area contributed by atoms with Gasteiger partial charge in [-0.1, -0.05) is 43.3 Å². The van der Waals surface area contributed by atoms with Crippen LogP contribution in [0.15, 0.2) is 119 Å². The molecular weight excluding hydrogens is 674 g/mol. The molecule has 0 aromatic heterocycles. The van der Waals surface area contributed by atoms with Crippen LogP contribution in [-0.2, 0) is 27.2 Å². The van der Waals surface area contributed by atoms with Crippen molar-refractivity contribution >= 4 is 39.6 Å². The predicted molar refractivity (Wildman–Crippen MR) is 196 cm³/mol. The minimum atomic E-state index is -3.02. The molecule has 0 aliphatic rings. The van der Waals surface area contributed by atoms with Crippen molar-refractivity contribution in [1.29, 1.82) is 0 Å². The molecule has 0 saturated carbocycles. The maximum absolute atomic E-state index is 12.4. The van der Waals surface area contributed by atoms with Crippen molar-refractivity contribution in [3.8, 4) is 23.0 Å². The van der Waals surface area contributed by atoms with Gasteiger partial charge in [-0.05, 0) is 100 Å². The minimum Gasteiger partial charge on any atom is -0.457 e. The van der Waals surface area contributed by atoms with Crippen molar-refractivity contribution in [3.63, 3.8) is 0 Å². The van der Waals surface area contributed by atoms with Crippen molar-refractivity contribution in [2.45, 2.75) is 44.4 Å². The first-order valence-corrected chi connectivity index (χ1v) is 20.3. The Bertz CT molecular complexity index is 1460. The maximum Gasteiger partial charge on any atom is 0.340 e. The monoisotopic (exact) mass is 720 g/mol.